The molecule has 3 rings (SSSR count). The molecule has 0 fully saturated rings. The Morgan fingerprint density at radius 2 is 1.89 bits per heavy atom. The van der Waals surface area contributed by atoms with Crippen molar-refractivity contribution in [2.24, 2.45) is 10.4 Å². The third-order valence-electron chi connectivity index (χ3n) is 5.26. The number of methoxy groups -OCH3 is 2. The smallest absolute Gasteiger partial charge is 0.226 e. The van der Waals surface area contributed by atoms with Gasteiger partial charge >= 0.3 is 0 Å². The number of guanidine groups is 1. The number of fused-ring (bicyclic) bond motifs is 1. The van der Waals surface area contributed by atoms with Crippen molar-refractivity contribution in [2.75, 3.05) is 19.5 Å². The van der Waals surface area contributed by atoms with Crippen LogP contribution in [-0.4, -0.2) is 37.2 Å². The molecule has 1 unspecified atom stereocenters. The molecule has 9 nitrogen and oxygen atoms in total. The summed E-state index contributed by atoms with van der Waals surface area (Å²) in [5.74, 6) is 1.15. The summed E-state index contributed by atoms with van der Waals surface area (Å²) in [4.78, 5) is 21.9. The van der Waals surface area contributed by atoms with Gasteiger partial charge in [0.1, 0.15) is 6.17 Å². The molecule has 0 saturated carbocycles. The van der Waals surface area contributed by atoms with E-state index in [1.54, 1.807) is 32.5 Å². The molecule has 9 heteroatoms. The minimum absolute atomic E-state index is 0.131. The molecule has 3 aromatic rings. The van der Waals surface area contributed by atoms with Crippen LogP contribution in [0.25, 0.3) is 10.9 Å². The monoisotopic (exact) mass is 473 g/mol. The van der Waals surface area contributed by atoms with Crippen molar-refractivity contribution in [3.8, 4) is 17.7 Å². The van der Waals surface area contributed by atoms with Gasteiger partial charge in [-0.15, -0.1) is 0 Å². The fraction of sp³-hybridized carbons (Fsp3) is 0.308. The molecule has 0 aliphatic heterocycles. The summed E-state index contributed by atoms with van der Waals surface area (Å²) in [5.41, 5.74) is 1.89. The lowest BCUT2D eigenvalue weighted by Crippen LogP contribution is -2.45. The quantitative estimate of drug-likeness (QED) is 0.206. The number of aromatic nitrogens is 1. The maximum Gasteiger partial charge on any atom is 0.226 e. The van der Waals surface area contributed by atoms with Gasteiger partial charge in [-0.1, -0.05) is 32.9 Å². The minimum atomic E-state index is -0.619. The Balaban J connectivity index is 1.83. The predicted octanol–water partition coefficient (Wildman–Crippen LogP) is 3.82. The second-order valence-corrected chi connectivity index (χ2v) is 8.92. The Bertz CT molecular complexity index is 1250. The van der Waals surface area contributed by atoms with E-state index in [2.05, 4.69) is 25.9 Å². The predicted molar refractivity (Wildman–Crippen MR) is 136 cm³/mol. The lowest BCUT2D eigenvalue weighted by molar-refractivity contribution is -0.121. The van der Waals surface area contributed by atoms with E-state index in [0.717, 1.165) is 22.2 Å². The van der Waals surface area contributed by atoms with Crippen molar-refractivity contribution in [1.82, 2.24) is 15.6 Å². The number of anilines is 1. The second-order valence-electron chi connectivity index (χ2n) is 8.92. The highest BCUT2D eigenvalue weighted by atomic mass is 16.5. The van der Waals surface area contributed by atoms with E-state index in [1.165, 1.54) is 0 Å². The maximum absolute atomic E-state index is 12.9. The highest BCUT2D eigenvalue weighted by molar-refractivity contribution is 6.02. The molecule has 3 N–H and O–H groups in total. The van der Waals surface area contributed by atoms with Crippen molar-refractivity contribution in [1.29, 1.82) is 5.26 Å². The zero-order chi connectivity index (χ0) is 25.4. The Morgan fingerprint density at radius 1 is 1.11 bits per heavy atom. The van der Waals surface area contributed by atoms with Crippen molar-refractivity contribution >= 4 is 28.5 Å². The SMILES string of the molecule is COc1ccc(CC(=O)NC(N=C(NC#N)Nc2cccc3ncccc23)C(C)(C)C)cc1O[11CH3]. The first kappa shape index (κ1) is 25.3. The Morgan fingerprint density at radius 3 is 2.57 bits per heavy atom. The van der Waals surface area contributed by atoms with Gasteiger partial charge in [0.15, 0.2) is 17.7 Å². The molecule has 1 amide bonds. The molecule has 0 spiro atoms. The zero-order valence-electron chi connectivity index (χ0n) is 20.5. The van der Waals surface area contributed by atoms with Gasteiger partial charge in [0.05, 0.1) is 31.8 Å². The number of nitriles is 1. The summed E-state index contributed by atoms with van der Waals surface area (Å²) in [5, 5.41) is 18.9. The summed E-state index contributed by atoms with van der Waals surface area (Å²) in [7, 11) is 3.11. The summed E-state index contributed by atoms with van der Waals surface area (Å²) in [6, 6.07) is 14.8. The lowest BCUT2D eigenvalue weighted by atomic mass is 9.92. The lowest BCUT2D eigenvalue weighted by Gasteiger charge is -2.29. The average molecular weight is 474 g/mol. The van der Waals surface area contributed by atoms with Gasteiger partial charge in [-0.3, -0.25) is 15.1 Å². The van der Waals surface area contributed by atoms with Gasteiger partial charge in [-0.25, -0.2) is 4.99 Å². The summed E-state index contributed by atoms with van der Waals surface area (Å²) in [6.45, 7) is 5.89. The number of rotatable bonds is 7. The normalized spacial score (nSPS) is 12.4. The number of aliphatic imine (C=N–C) groups is 1. The van der Waals surface area contributed by atoms with Crippen LogP contribution < -0.4 is 25.4 Å². The molecule has 0 aliphatic rings. The van der Waals surface area contributed by atoms with E-state index < -0.39 is 11.6 Å². The van der Waals surface area contributed by atoms with Crippen LogP contribution in [0.3, 0.4) is 0 Å². The highest BCUT2D eigenvalue weighted by Gasteiger charge is 2.27. The molecule has 0 bridgehead atoms. The molecule has 2 aromatic carbocycles. The molecular formula is C26H30N6O3. The summed E-state index contributed by atoms with van der Waals surface area (Å²) >= 11 is 0. The fourth-order valence-corrected chi connectivity index (χ4v) is 3.44. The van der Waals surface area contributed by atoms with Crippen LogP contribution in [0.4, 0.5) is 5.69 Å². The molecule has 1 heterocycles. The number of benzene rings is 2. The number of nitrogens with zero attached hydrogens (tertiary/aromatic N) is 3. The molecule has 35 heavy (non-hydrogen) atoms. The number of hydrogen-bond acceptors (Lipinski definition) is 6. The van der Waals surface area contributed by atoms with Crippen LogP contribution in [0.2, 0.25) is 0 Å². The molecule has 1 atom stereocenters. The van der Waals surface area contributed by atoms with Crippen LogP contribution >= 0.6 is 0 Å². The van der Waals surface area contributed by atoms with Crippen LogP contribution in [0.15, 0.2) is 59.7 Å². The van der Waals surface area contributed by atoms with E-state index in [1.807, 2.05) is 63.4 Å². The molecular weight excluding hydrogens is 443 g/mol. The number of pyridine rings is 1. The first-order chi connectivity index (χ1) is 16.7. The molecule has 0 radical (unpaired) electrons. The van der Waals surface area contributed by atoms with Gasteiger partial charge in [0.25, 0.3) is 0 Å². The highest BCUT2D eigenvalue weighted by Crippen LogP contribution is 2.28. The Hall–Kier alpha value is -4.32. The van der Waals surface area contributed by atoms with Crippen molar-refractivity contribution in [2.45, 2.75) is 33.4 Å². The summed E-state index contributed by atoms with van der Waals surface area (Å²) < 4.78 is 10.6. The van der Waals surface area contributed by atoms with Crippen molar-refractivity contribution in [3.05, 3.63) is 60.3 Å². The van der Waals surface area contributed by atoms with E-state index in [0.29, 0.717) is 11.5 Å². The first-order valence-electron chi connectivity index (χ1n) is 11.1. The number of carbonyl (C=O) groups is 1. The van der Waals surface area contributed by atoms with Gasteiger partial charge < -0.3 is 20.1 Å². The molecule has 0 saturated heterocycles. The van der Waals surface area contributed by atoms with Gasteiger partial charge in [-0.2, -0.15) is 5.26 Å². The number of nitrogens with one attached hydrogen (secondary N) is 3. The molecule has 182 valence electrons. The first-order valence-corrected chi connectivity index (χ1v) is 11.1. The third kappa shape index (κ3) is 6.60. The van der Waals surface area contributed by atoms with E-state index in [4.69, 9.17) is 9.47 Å². The summed E-state index contributed by atoms with van der Waals surface area (Å²) in [6.07, 6.45) is 3.14. The fourth-order valence-electron chi connectivity index (χ4n) is 3.44. The van der Waals surface area contributed by atoms with E-state index in [9.17, 15) is 10.1 Å². The van der Waals surface area contributed by atoms with Crippen LogP contribution in [0.5, 0.6) is 11.5 Å². The number of hydrogen-bond donors (Lipinski definition) is 3. The number of ether oxygens (including phenoxy) is 2. The molecule has 0 aliphatic carbocycles. The van der Waals surface area contributed by atoms with Crippen molar-refractivity contribution < 1.29 is 14.3 Å². The van der Waals surface area contributed by atoms with Gasteiger partial charge in [0, 0.05) is 17.0 Å². The van der Waals surface area contributed by atoms with Crippen LogP contribution in [0, 0.1) is 16.9 Å². The van der Waals surface area contributed by atoms with Crippen LogP contribution in [-0.2, 0) is 11.2 Å². The van der Waals surface area contributed by atoms with Crippen molar-refractivity contribution in [3.63, 3.8) is 0 Å². The zero-order valence-corrected chi connectivity index (χ0v) is 20.5. The Kier molecular flexibility index (Phi) is 8.10. The topological polar surface area (TPSA) is 121 Å². The van der Waals surface area contributed by atoms with Gasteiger partial charge in [0.2, 0.25) is 11.9 Å². The maximum atomic E-state index is 12.9. The van der Waals surface area contributed by atoms with Gasteiger partial charge in [-0.05, 0) is 42.0 Å². The largest absolute Gasteiger partial charge is 0.493 e. The Labute approximate surface area is 205 Å². The molecule has 1 aromatic heterocycles. The second kappa shape index (κ2) is 11.2. The minimum Gasteiger partial charge on any atom is -0.493 e. The van der Waals surface area contributed by atoms with Crippen LogP contribution in [0.1, 0.15) is 26.3 Å². The third-order valence-corrected chi connectivity index (χ3v) is 5.26. The number of amides is 1. The standard InChI is InChI=1S/C26H30N6O3/c1-26(2,3)24(31-23(33)15-17-11-12-21(34-4)22(14-17)35-5)32-25(29-16-27)30-20-10-6-9-19-18(20)8-7-13-28-19/h6-14,24H,15H2,1-5H3,(H,31,33)(H2,29,30,32)/i5-1. The van der Waals surface area contributed by atoms with E-state index >= 15 is 0 Å². The average Bonchev–Trinajstić information content (AvgIpc) is 2.83. The number of carbonyl (C=O) groups excluding carboxylic acids is 1. The van der Waals surface area contributed by atoms with E-state index in [-0.39, 0.29) is 18.3 Å².